The van der Waals surface area contributed by atoms with Gasteiger partial charge in [-0.1, -0.05) is 42.5 Å². The van der Waals surface area contributed by atoms with E-state index in [0.717, 1.165) is 49.2 Å². The molecule has 2 heterocycles. The lowest BCUT2D eigenvalue weighted by atomic mass is 9.99. The second-order valence-electron chi connectivity index (χ2n) is 6.74. The number of benzene rings is 2. The van der Waals surface area contributed by atoms with Gasteiger partial charge in [0.1, 0.15) is 12.7 Å². The lowest BCUT2D eigenvalue weighted by Crippen LogP contribution is -2.34. The normalized spacial score (nSPS) is 15.7. The summed E-state index contributed by atoms with van der Waals surface area (Å²) in [6, 6.07) is 19.1. The van der Waals surface area contributed by atoms with E-state index in [-0.39, 0.29) is 0 Å². The number of hydrogen-bond donors (Lipinski definition) is 0. The molecule has 130 valence electrons. The van der Waals surface area contributed by atoms with Crippen molar-refractivity contribution < 1.29 is 0 Å². The molecule has 0 bridgehead atoms. The molecule has 1 aromatic heterocycles. The van der Waals surface area contributed by atoms with Crippen molar-refractivity contribution in [2.24, 2.45) is 0 Å². The molecule has 0 amide bonds. The minimum Gasteiger partial charge on any atom is -0.299 e. The Morgan fingerprint density at radius 1 is 1.04 bits per heavy atom. The fraction of sp³-hybridized carbons (Fsp3) is 0.286. The molecule has 0 unspecified atom stereocenters. The molecule has 1 aliphatic heterocycles. The first-order chi connectivity index (χ1) is 12.8. The zero-order chi connectivity index (χ0) is 17.8. The van der Waals surface area contributed by atoms with Crippen LogP contribution in [0.1, 0.15) is 30.0 Å². The van der Waals surface area contributed by atoms with Crippen LogP contribution in [0.4, 0.5) is 0 Å². The fourth-order valence-electron chi connectivity index (χ4n) is 3.63. The molecule has 0 aliphatic carbocycles. The van der Waals surface area contributed by atoms with Crippen molar-refractivity contribution in [1.29, 1.82) is 5.26 Å². The highest BCUT2D eigenvalue weighted by Crippen LogP contribution is 2.25. The van der Waals surface area contributed by atoms with Crippen LogP contribution in [0.15, 0.2) is 61.2 Å². The second-order valence-corrected chi connectivity index (χ2v) is 6.74. The first-order valence-corrected chi connectivity index (χ1v) is 8.98. The Labute approximate surface area is 153 Å². The molecule has 4 rings (SSSR count). The van der Waals surface area contributed by atoms with Gasteiger partial charge in [-0.05, 0) is 35.6 Å². The Morgan fingerprint density at radius 2 is 1.81 bits per heavy atom. The van der Waals surface area contributed by atoms with Crippen LogP contribution in [0.2, 0.25) is 0 Å². The smallest absolute Gasteiger partial charge is 0.137 e. The number of likely N-dealkylation sites (tertiary alicyclic amines) is 1. The van der Waals surface area contributed by atoms with E-state index in [1.165, 1.54) is 5.56 Å². The van der Waals surface area contributed by atoms with E-state index >= 15 is 0 Å². The summed E-state index contributed by atoms with van der Waals surface area (Å²) in [5.41, 5.74) is 4.11. The molecule has 0 N–H and O–H groups in total. The SMILES string of the molecule is N#Cc1ccccc1-c1ccc(CN2CCC(n3cncn3)CC2)cc1. The van der Waals surface area contributed by atoms with Crippen LogP contribution in [-0.2, 0) is 6.54 Å². The zero-order valence-corrected chi connectivity index (χ0v) is 14.6. The van der Waals surface area contributed by atoms with E-state index in [0.29, 0.717) is 6.04 Å². The maximum Gasteiger partial charge on any atom is 0.137 e. The van der Waals surface area contributed by atoms with Crippen molar-refractivity contribution in [3.05, 3.63) is 72.3 Å². The molecule has 2 aromatic carbocycles. The summed E-state index contributed by atoms with van der Waals surface area (Å²) < 4.78 is 1.98. The molecule has 26 heavy (non-hydrogen) atoms. The third-order valence-corrected chi connectivity index (χ3v) is 5.09. The van der Waals surface area contributed by atoms with Gasteiger partial charge in [-0.15, -0.1) is 0 Å². The molecule has 1 aliphatic rings. The van der Waals surface area contributed by atoms with Crippen LogP contribution in [0.25, 0.3) is 11.1 Å². The molecule has 1 saturated heterocycles. The Bertz CT molecular complexity index is 885. The van der Waals surface area contributed by atoms with Gasteiger partial charge in [-0.25, -0.2) is 9.67 Å². The average molecular weight is 343 g/mol. The summed E-state index contributed by atoms with van der Waals surface area (Å²) in [5, 5.41) is 13.5. The number of rotatable bonds is 4. The first kappa shape index (κ1) is 16.5. The van der Waals surface area contributed by atoms with Crippen molar-refractivity contribution in [2.75, 3.05) is 13.1 Å². The van der Waals surface area contributed by atoms with E-state index in [9.17, 15) is 5.26 Å². The first-order valence-electron chi connectivity index (χ1n) is 8.98. The highest BCUT2D eigenvalue weighted by molar-refractivity contribution is 5.70. The largest absolute Gasteiger partial charge is 0.299 e. The Morgan fingerprint density at radius 3 is 2.50 bits per heavy atom. The third-order valence-electron chi connectivity index (χ3n) is 5.09. The third kappa shape index (κ3) is 3.51. The van der Waals surface area contributed by atoms with Gasteiger partial charge in [-0.2, -0.15) is 10.4 Å². The van der Waals surface area contributed by atoms with Crippen molar-refractivity contribution in [1.82, 2.24) is 19.7 Å². The number of nitrogens with zero attached hydrogens (tertiary/aromatic N) is 5. The van der Waals surface area contributed by atoms with E-state index in [1.807, 2.05) is 35.3 Å². The van der Waals surface area contributed by atoms with Crippen molar-refractivity contribution in [3.63, 3.8) is 0 Å². The summed E-state index contributed by atoms with van der Waals surface area (Å²) in [5.74, 6) is 0. The van der Waals surface area contributed by atoms with E-state index in [1.54, 1.807) is 6.33 Å². The standard InChI is InChI=1S/C21H21N5/c22-13-19-3-1-2-4-21(19)18-7-5-17(6-8-18)14-25-11-9-20(10-12-25)26-16-23-15-24-26/h1-8,15-16,20H,9-12,14H2. The summed E-state index contributed by atoms with van der Waals surface area (Å²) in [7, 11) is 0. The number of aromatic nitrogens is 3. The van der Waals surface area contributed by atoms with Gasteiger partial charge in [0.25, 0.3) is 0 Å². The van der Waals surface area contributed by atoms with E-state index < -0.39 is 0 Å². The molecule has 5 heteroatoms. The highest BCUT2D eigenvalue weighted by Gasteiger charge is 2.20. The Hall–Kier alpha value is -2.97. The summed E-state index contributed by atoms with van der Waals surface area (Å²) >= 11 is 0. The molecule has 0 radical (unpaired) electrons. The van der Waals surface area contributed by atoms with Crippen LogP contribution in [0.3, 0.4) is 0 Å². The van der Waals surface area contributed by atoms with Gasteiger partial charge in [0.05, 0.1) is 17.7 Å². The Kier molecular flexibility index (Phi) is 4.76. The molecule has 0 atom stereocenters. The summed E-state index contributed by atoms with van der Waals surface area (Å²) in [4.78, 5) is 6.54. The molecular formula is C21H21N5. The zero-order valence-electron chi connectivity index (χ0n) is 14.6. The van der Waals surface area contributed by atoms with Crippen LogP contribution in [0.5, 0.6) is 0 Å². The predicted molar refractivity (Wildman–Crippen MR) is 100 cm³/mol. The highest BCUT2D eigenvalue weighted by atomic mass is 15.3. The lowest BCUT2D eigenvalue weighted by Gasteiger charge is -2.31. The predicted octanol–water partition coefficient (Wildman–Crippen LogP) is 3.65. The number of hydrogen-bond acceptors (Lipinski definition) is 4. The summed E-state index contributed by atoms with van der Waals surface area (Å²) in [6.07, 6.45) is 5.64. The Balaban J connectivity index is 1.39. The maximum absolute atomic E-state index is 9.27. The molecule has 0 spiro atoms. The minimum atomic E-state index is 0.471. The monoisotopic (exact) mass is 343 g/mol. The molecule has 0 saturated carbocycles. The van der Waals surface area contributed by atoms with E-state index in [2.05, 4.69) is 45.3 Å². The summed E-state index contributed by atoms with van der Waals surface area (Å²) in [6.45, 7) is 3.11. The van der Waals surface area contributed by atoms with Gasteiger partial charge >= 0.3 is 0 Å². The maximum atomic E-state index is 9.27. The quantitative estimate of drug-likeness (QED) is 0.725. The minimum absolute atomic E-state index is 0.471. The van der Waals surface area contributed by atoms with Crippen molar-refractivity contribution in [2.45, 2.75) is 25.4 Å². The van der Waals surface area contributed by atoms with Gasteiger partial charge in [0.2, 0.25) is 0 Å². The van der Waals surface area contributed by atoms with E-state index in [4.69, 9.17) is 0 Å². The van der Waals surface area contributed by atoms with Gasteiger partial charge in [0.15, 0.2) is 0 Å². The van der Waals surface area contributed by atoms with Gasteiger partial charge in [-0.3, -0.25) is 4.90 Å². The molecule has 3 aromatic rings. The van der Waals surface area contributed by atoms with Crippen LogP contribution < -0.4 is 0 Å². The topological polar surface area (TPSA) is 57.7 Å². The van der Waals surface area contributed by atoms with Crippen molar-refractivity contribution in [3.8, 4) is 17.2 Å². The second kappa shape index (κ2) is 7.51. The molecule has 5 nitrogen and oxygen atoms in total. The van der Waals surface area contributed by atoms with Gasteiger partial charge < -0.3 is 0 Å². The molecule has 1 fully saturated rings. The average Bonchev–Trinajstić information content (AvgIpc) is 3.24. The number of nitriles is 1. The molecular weight excluding hydrogens is 322 g/mol. The lowest BCUT2D eigenvalue weighted by molar-refractivity contribution is 0.173. The van der Waals surface area contributed by atoms with Crippen LogP contribution in [0, 0.1) is 11.3 Å². The van der Waals surface area contributed by atoms with Crippen LogP contribution >= 0.6 is 0 Å². The number of piperidine rings is 1. The van der Waals surface area contributed by atoms with Crippen LogP contribution in [-0.4, -0.2) is 32.8 Å². The van der Waals surface area contributed by atoms with Gasteiger partial charge in [0, 0.05) is 19.6 Å². The fourth-order valence-corrected chi connectivity index (χ4v) is 3.63. The van der Waals surface area contributed by atoms with Crippen molar-refractivity contribution >= 4 is 0 Å².